The van der Waals surface area contributed by atoms with E-state index in [4.69, 9.17) is 9.47 Å². The van der Waals surface area contributed by atoms with Gasteiger partial charge < -0.3 is 14.8 Å². The molecule has 0 bridgehead atoms. The number of nitrogens with one attached hydrogen (secondary N) is 1. The van der Waals surface area contributed by atoms with Crippen LogP contribution in [0.1, 0.15) is 23.2 Å². The Balaban J connectivity index is 1.49. The first-order chi connectivity index (χ1) is 13.7. The third-order valence-corrected chi connectivity index (χ3v) is 5.34. The molecule has 1 unspecified atom stereocenters. The lowest BCUT2D eigenvalue weighted by Crippen LogP contribution is -2.17. The zero-order valence-corrected chi connectivity index (χ0v) is 16.1. The van der Waals surface area contributed by atoms with E-state index in [0.29, 0.717) is 11.5 Å². The van der Waals surface area contributed by atoms with Crippen molar-refractivity contribution in [2.45, 2.75) is 12.8 Å². The maximum Gasteiger partial charge on any atom is 0.251 e. The van der Waals surface area contributed by atoms with E-state index in [0.717, 1.165) is 54.9 Å². The lowest BCUT2D eigenvalue weighted by atomic mass is 10.00. The molecule has 1 N–H and O–H groups in total. The second-order valence-corrected chi connectivity index (χ2v) is 7.25. The Morgan fingerprint density at radius 2 is 1.82 bits per heavy atom. The number of rotatable bonds is 6. The van der Waals surface area contributed by atoms with Gasteiger partial charge in [0.2, 0.25) is 0 Å². The molecule has 3 aromatic carbocycles. The maximum absolute atomic E-state index is 11.7. The molecule has 0 aliphatic carbocycles. The van der Waals surface area contributed by atoms with Crippen molar-refractivity contribution in [1.82, 2.24) is 5.32 Å². The van der Waals surface area contributed by atoms with Crippen LogP contribution in [0.5, 0.6) is 5.75 Å². The van der Waals surface area contributed by atoms with Crippen molar-refractivity contribution < 1.29 is 14.3 Å². The van der Waals surface area contributed by atoms with Crippen LogP contribution >= 0.6 is 0 Å². The first kappa shape index (κ1) is 18.5. The van der Waals surface area contributed by atoms with Crippen molar-refractivity contribution in [3.8, 4) is 16.9 Å². The second-order valence-electron chi connectivity index (χ2n) is 7.25. The van der Waals surface area contributed by atoms with Crippen molar-refractivity contribution >= 4 is 16.7 Å². The summed E-state index contributed by atoms with van der Waals surface area (Å²) < 4.78 is 11.4. The highest BCUT2D eigenvalue weighted by Crippen LogP contribution is 2.28. The normalized spacial score (nSPS) is 16.2. The Labute approximate surface area is 165 Å². The van der Waals surface area contributed by atoms with Gasteiger partial charge in [0.05, 0.1) is 6.61 Å². The summed E-state index contributed by atoms with van der Waals surface area (Å²) in [6.07, 6.45) is 2.18. The molecule has 4 rings (SSSR count). The summed E-state index contributed by atoms with van der Waals surface area (Å²) in [6, 6.07) is 20.3. The van der Waals surface area contributed by atoms with E-state index in [1.165, 1.54) is 5.39 Å². The van der Waals surface area contributed by atoms with Crippen LogP contribution in [-0.2, 0) is 4.74 Å². The highest BCUT2D eigenvalue weighted by Gasteiger charge is 2.15. The fourth-order valence-corrected chi connectivity index (χ4v) is 3.61. The molecule has 1 heterocycles. The SMILES string of the molecule is CNC(=O)c1ccc(-c2ccc3ccc(OCCC4CCOC4)cc3c2)cc1. The molecule has 1 fully saturated rings. The number of amides is 1. The Morgan fingerprint density at radius 3 is 2.57 bits per heavy atom. The predicted molar refractivity (Wildman–Crippen MR) is 112 cm³/mol. The third-order valence-electron chi connectivity index (χ3n) is 5.34. The second kappa shape index (κ2) is 8.44. The minimum Gasteiger partial charge on any atom is -0.494 e. The van der Waals surface area contributed by atoms with E-state index in [9.17, 15) is 4.79 Å². The summed E-state index contributed by atoms with van der Waals surface area (Å²) in [7, 11) is 1.64. The first-order valence-corrected chi connectivity index (χ1v) is 9.80. The molecule has 1 atom stereocenters. The van der Waals surface area contributed by atoms with Crippen molar-refractivity contribution in [2.24, 2.45) is 5.92 Å². The molecule has 1 aliphatic rings. The smallest absolute Gasteiger partial charge is 0.251 e. The molecule has 0 spiro atoms. The Kier molecular flexibility index (Phi) is 5.58. The summed E-state index contributed by atoms with van der Waals surface area (Å²) >= 11 is 0. The van der Waals surface area contributed by atoms with Crippen LogP contribution in [0.3, 0.4) is 0 Å². The van der Waals surface area contributed by atoms with Gasteiger partial charge in [-0.1, -0.05) is 30.3 Å². The average molecular weight is 375 g/mol. The number of hydrogen-bond acceptors (Lipinski definition) is 3. The molecule has 4 heteroatoms. The monoisotopic (exact) mass is 375 g/mol. The number of hydrogen-bond donors (Lipinski definition) is 1. The van der Waals surface area contributed by atoms with E-state index in [1.54, 1.807) is 7.05 Å². The molecule has 28 heavy (non-hydrogen) atoms. The van der Waals surface area contributed by atoms with Gasteiger partial charge in [-0.25, -0.2) is 0 Å². The Morgan fingerprint density at radius 1 is 1.04 bits per heavy atom. The highest BCUT2D eigenvalue weighted by molar-refractivity contribution is 5.94. The topological polar surface area (TPSA) is 47.6 Å². The van der Waals surface area contributed by atoms with Gasteiger partial charge in [-0.2, -0.15) is 0 Å². The van der Waals surface area contributed by atoms with Crippen molar-refractivity contribution in [2.75, 3.05) is 26.9 Å². The minimum atomic E-state index is -0.0731. The largest absolute Gasteiger partial charge is 0.494 e. The molecular weight excluding hydrogens is 350 g/mol. The molecule has 1 saturated heterocycles. The zero-order valence-electron chi connectivity index (χ0n) is 16.1. The summed E-state index contributed by atoms with van der Waals surface area (Å²) in [6.45, 7) is 2.47. The molecule has 1 amide bonds. The number of carbonyl (C=O) groups is 1. The number of benzene rings is 3. The van der Waals surface area contributed by atoms with Crippen molar-refractivity contribution in [3.05, 3.63) is 66.2 Å². The van der Waals surface area contributed by atoms with E-state index in [-0.39, 0.29) is 5.91 Å². The van der Waals surface area contributed by atoms with Crippen molar-refractivity contribution in [3.63, 3.8) is 0 Å². The quantitative estimate of drug-likeness (QED) is 0.681. The molecule has 4 nitrogen and oxygen atoms in total. The molecule has 0 radical (unpaired) electrons. The lowest BCUT2D eigenvalue weighted by Gasteiger charge is -2.11. The zero-order chi connectivity index (χ0) is 19.3. The summed E-state index contributed by atoms with van der Waals surface area (Å²) in [4.78, 5) is 11.7. The highest BCUT2D eigenvalue weighted by atomic mass is 16.5. The molecule has 144 valence electrons. The van der Waals surface area contributed by atoms with Gasteiger partial charge in [0, 0.05) is 25.8 Å². The van der Waals surface area contributed by atoms with Crippen LogP contribution < -0.4 is 10.1 Å². The number of carbonyl (C=O) groups excluding carboxylic acids is 1. The first-order valence-electron chi connectivity index (χ1n) is 9.80. The van der Waals surface area contributed by atoms with Crippen LogP contribution in [0.4, 0.5) is 0 Å². The Bertz CT molecular complexity index is 959. The van der Waals surface area contributed by atoms with Gasteiger partial charge in [-0.05, 0) is 71.0 Å². The fourth-order valence-electron chi connectivity index (χ4n) is 3.61. The number of ether oxygens (including phenoxy) is 2. The van der Waals surface area contributed by atoms with Gasteiger partial charge in [-0.3, -0.25) is 4.79 Å². The van der Waals surface area contributed by atoms with Crippen molar-refractivity contribution in [1.29, 1.82) is 0 Å². The van der Waals surface area contributed by atoms with Gasteiger partial charge >= 0.3 is 0 Å². The predicted octanol–water partition coefficient (Wildman–Crippen LogP) is 4.67. The van der Waals surface area contributed by atoms with Crippen LogP contribution in [0.25, 0.3) is 21.9 Å². The van der Waals surface area contributed by atoms with Crippen LogP contribution in [0.15, 0.2) is 60.7 Å². The number of fused-ring (bicyclic) bond motifs is 1. The van der Waals surface area contributed by atoms with Crippen LogP contribution in [0.2, 0.25) is 0 Å². The molecule has 0 aromatic heterocycles. The molecule has 1 aliphatic heterocycles. The van der Waals surface area contributed by atoms with Gasteiger partial charge in [-0.15, -0.1) is 0 Å². The van der Waals surface area contributed by atoms with Gasteiger partial charge in [0.1, 0.15) is 5.75 Å². The molecular formula is C24H25NO3. The average Bonchev–Trinajstić information content (AvgIpc) is 3.26. The van der Waals surface area contributed by atoms with E-state index >= 15 is 0 Å². The van der Waals surface area contributed by atoms with Gasteiger partial charge in [0.25, 0.3) is 5.91 Å². The van der Waals surface area contributed by atoms with E-state index in [1.807, 2.05) is 30.3 Å². The van der Waals surface area contributed by atoms with E-state index < -0.39 is 0 Å². The standard InChI is InChI=1S/C24H25NO3/c1-25-24(26)20-5-2-18(3-6-20)21-7-4-19-8-9-23(15-22(19)14-21)28-13-11-17-10-12-27-16-17/h2-9,14-15,17H,10-13,16H2,1H3,(H,25,26). The maximum atomic E-state index is 11.7. The van der Waals surface area contributed by atoms with Crippen LogP contribution in [0, 0.1) is 5.92 Å². The Hall–Kier alpha value is -2.85. The summed E-state index contributed by atoms with van der Waals surface area (Å²) in [5.74, 6) is 1.46. The molecule has 0 saturated carbocycles. The van der Waals surface area contributed by atoms with Gasteiger partial charge in [0.15, 0.2) is 0 Å². The lowest BCUT2D eigenvalue weighted by molar-refractivity contribution is 0.0963. The van der Waals surface area contributed by atoms with E-state index in [2.05, 4.69) is 35.6 Å². The fraction of sp³-hybridized carbons (Fsp3) is 0.292. The summed E-state index contributed by atoms with van der Waals surface area (Å²) in [5.41, 5.74) is 2.87. The third kappa shape index (κ3) is 4.18. The minimum absolute atomic E-state index is 0.0731. The molecule has 3 aromatic rings. The summed E-state index contributed by atoms with van der Waals surface area (Å²) in [5, 5.41) is 4.98. The van der Waals surface area contributed by atoms with Crippen LogP contribution in [-0.4, -0.2) is 32.8 Å².